The Labute approximate surface area is 148 Å². The molecule has 1 aliphatic heterocycles. The molecule has 3 rings (SSSR count). The number of piperidine rings is 1. The maximum atomic E-state index is 10.4. The van der Waals surface area contributed by atoms with Crippen molar-refractivity contribution < 1.29 is 9.84 Å². The van der Waals surface area contributed by atoms with E-state index in [0.29, 0.717) is 17.5 Å². The maximum absolute atomic E-state index is 10.4. The molecule has 2 aromatic carbocycles. The highest BCUT2D eigenvalue weighted by molar-refractivity contribution is 6.18. The molecule has 0 spiro atoms. The lowest BCUT2D eigenvalue weighted by Crippen LogP contribution is -2.40. The van der Waals surface area contributed by atoms with E-state index in [9.17, 15) is 5.11 Å². The molecule has 24 heavy (non-hydrogen) atoms. The largest absolute Gasteiger partial charge is 0.508 e. The number of methoxy groups -OCH3 is 1. The van der Waals surface area contributed by atoms with Crippen LogP contribution in [-0.4, -0.2) is 36.1 Å². The van der Waals surface area contributed by atoms with Crippen molar-refractivity contribution in [2.24, 2.45) is 5.92 Å². The Kier molecular flexibility index (Phi) is 5.64. The number of alkyl halides is 1. The number of likely N-dealkylation sites (tertiary alicyclic amines) is 1. The molecule has 4 heteroatoms. The standard InChI is InChI=1S/C20H24ClNO2/c1-24-19-9-5-8-18(23)20(19)17-10-11-22(14-16(17)12-21)13-15-6-3-2-4-7-15/h2-9,16-17,23H,10-14H2,1H3. The molecular formula is C20H24ClNO2. The number of phenolic OH excluding ortho intramolecular Hbond substituents is 1. The molecule has 0 saturated carbocycles. The number of rotatable bonds is 5. The topological polar surface area (TPSA) is 32.7 Å². The summed E-state index contributed by atoms with van der Waals surface area (Å²) in [5.41, 5.74) is 2.23. The van der Waals surface area contributed by atoms with Crippen molar-refractivity contribution in [2.45, 2.75) is 18.9 Å². The molecule has 0 aliphatic carbocycles. The van der Waals surface area contributed by atoms with Crippen molar-refractivity contribution >= 4 is 11.6 Å². The minimum Gasteiger partial charge on any atom is -0.508 e. The second-order valence-electron chi connectivity index (χ2n) is 6.42. The van der Waals surface area contributed by atoms with Gasteiger partial charge in [-0.1, -0.05) is 36.4 Å². The highest BCUT2D eigenvalue weighted by Gasteiger charge is 2.33. The Bertz CT molecular complexity index is 662. The van der Waals surface area contributed by atoms with E-state index in [0.717, 1.165) is 37.4 Å². The highest BCUT2D eigenvalue weighted by atomic mass is 35.5. The molecule has 1 saturated heterocycles. The molecule has 2 unspecified atom stereocenters. The van der Waals surface area contributed by atoms with E-state index < -0.39 is 0 Å². The van der Waals surface area contributed by atoms with Crippen LogP contribution in [-0.2, 0) is 6.54 Å². The van der Waals surface area contributed by atoms with Gasteiger partial charge in [-0.15, -0.1) is 11.6 Å². The van der Waals surface area contributed by atoms with E-state index in [-0.39, 0.29) is 5.92 Å². The molecule has 0 bridgehead atoms. The third-order valence-corrected chi connectivity index (χ3v) is 5.30. The van der Waals surface area contributed by atoms with Crippen molar-refractivity contribution in [1.82, 2.24) is 4.90 Å². The first kappa shape index (κ1) is 17.1. The maximum Gasteiger partial charge on any atom is 0.126 e. The minimum atomic E-state index is 0.227. The molecule has 1 N–H and O–H groups in total. The van der Waals surface area contributed by atoms with E-state index in [4.69, 9.17) is 16.3 Å². The number of hydrogen-bond donors (Lipinski definition) is 1. The zero-order valence-corrected chi connectivity index (χ0v) is 14.7. The molecule has 1 fully saturated rings. The van der Waals surface area contributed by atoms with Gasteiger partial charge in [0.15, 0.2) is 0 Å². The van der Waals surface area contributed by atoms with Gasteiger partial charge >= 0.3 is 0 Å². The monoisotopic (exact) mass is 345 g/mol. The summed E-state index contributed by atoms with van der Waals surface area (Å²) in [7, 11) is 1.65. The van der Waals surface area contributed by atoms with E-state index in [2.05, 4.69) is 29.2 Å². The van der Waals surface area contributed by atoms with Crippen LogP contribution in [0.15, 0.2) is 48.5 Å². The SMILES string of the molecule is COc1cccc(O)c1C1CCN(Cc2ccccc2)CC1CCl. The number of halogens is 1. The van der Waals surface area contributed by atoms with Crippen LogP contribution in [0, 0.1) is 5.92 Å². The van der Waals surface area contributed by atoms with Gasteiger partial charge in [-0.25, -0.2) is 0 Å². The Balaban J connectivity index is 1.76. The Morgan fingerprint density at radius 2 is 1.96 bits per heavy atom. The smallest absolute Gasteiger partial charge is 0.126 e. The third kappa shape index (κ3) is 3.68. The van der Waals surface area contributed by atoms with Crippen LogP contribution in [0.4, 0.5) is 0 Å². The number of nitrogens with zero attached hydrogens (tertiary/aromatic N) is 1. The van der Waals surface area contributed by atoms with Crippen LogP contribution in [0.3, 0.4) is 0 Å². The average molecular weight is 346 g/mol. The van der Waals surface area contributed by atoms with Crippen molar-refractivity contribution in [3.63, 3.8) is 0 Å². The summed E-state index contributed by atoms with van der Waals surface area (Å²) in [6.07, 6.45) is 0.970. The van der Waals surface area contributed by atoms with Gasteiger partial charge in [-0.2, -0.15) is 0 Å². The van der Waals surface area contributed by atoms with E-state index >= 15 is 0 Å². The summed E-state index contributed by atoms with van der Waals surface area (Å²) < 4.78 is 5.48. The number of benzene rings is 2. The van der Waals surface area contributed by atoms with Crippen molar-refractivity contribution in [1.29, 1.82) is 0 Å². The molecule has 2 atom stereocenters. The fourth-order valence-electron chi connectivity index (χ4n) is 3.71. The Morgan fingerprint density at radius 3 is 2.67 bits per heavy atom. The third-order valence-electron chi connectivity index (χ3n) is 4.90. The number of phenols is 1. The second-order valence-corrected chi connectivity index (χ2v) is 6.73. The molecule has 0 aromatic heterocycles. The number of ether oxygens (including phenoxy) is 1. The molecule has 0 radical (unpaired) electrons. The molecule has 1 heterocycles. The molecule has 1 aliphatic rings. The van der Waals surface area contributed by atoms with Crippen LogP contribution in [0.5, 0.6) is 11.5 Å². The lowest BCUT2D eigenvalue weighted by molar-refractivity contribution is 0.155. The van der Waals surface area contributed by atoms with Crippen LogP contribution < -0.4 is 4.74 Å². The molecule has 0 amide bonds. The van der Waals surface area contributed by atoms with Crippen LogP contribution in [0.2, 0.25) is 0 Å². The highest BCUT2D eigenvalue weighted by Crippen LogP contribution is 2.43. The van der Waals surface area contributed by atoms with Crippen LogP contribution in [0.25, 0.3) is 0 Å². The molecule has 128 valence electrons. The average Bonchev–Trinajstić information content (AvgIpc) is 2.62. The summed E-state index contributed by atoms with van der Waals surface area (Å²) >= 11 is 6.29. The Morgan fingerprint density at radius 1 is 1.17 bits per heavy atom. The van der Waals surface area contributed by atoms with Gasteiger partial charge < -0.3 is 9.84 Å². The quantitative estimate of drug-likeness (QED) is 0.822. The van der Waals surface area contributed by atoms with Gasteiger partial charge in [0.25, 0.3) is 0 Å². The molecule has 3 nitrogen and oxygen atoms in total. The minimum absolute atomic E-state index is 0.227. The fraction of sp³-hybridized carbons (Fsp3) is 0.400. The first-order valence-electron chi connectivity index (χ1n) is 8.41. The van der Waals surface area contributed by atoms with Crippen molar-refractivity contribution in [3.8, 4) is 11.5 Å². The first-order chi connectivity index (χ1) is 11.7. The second kappa shape index (κ2) is 7.91. The van der Waals surface area contributed by atoms with Crippen molar-refractivity contribution in [3.05, 3.63) is 59.7 Å². The van der Waals surface area contributed by atoms with Crippen LogP contribution >= 0.6 is 11.6 Å². The first-order valence-corrected chi connectivity index (χ1v) is 8.94. The fourth-order valence-corrected chi connectivity index (χ4v) is 4.02. The van der Waals surface area contributed by atoms with Gasteiger partial charge in [-0.3, -0.25) is 4.90 Å². The van der Waals surface area contributed by atoms with E-state index in [1.165, 1.54) is 5.56 Å². The lowest BCUT2D eigenvalue weighted by Gasteiger charge is -2.38. The zero-order chi connectivity index (χ0) is 16.9. The normalized spacial score (nSPS) is 21.6. The number of hydrogen-bond acceptors (Lipinski definition) is 3. The lowest BCUT2D eigenvalue weighted by atomic mass is 9.80. The van der Waals surface area contributed by atoms with Crippen molar-refractivity contribution in [2.75, 3.05) is 26.1 Å². The van der Waals surface area contributed by atoms with Crippen LogP contribution in [0.1, 0.15) is 23.5 Å². The van der Waals surface area contributed by atoms with Gasteiger partial charge in [-0.05, 0) is 42.5 Å². The van der Waals surface area contributed by atoms with E-state index in [1.807, 2.05) is 18.2 Å². The molecule has 2 aromatic rings. The van der Waals surface area contributed by atoms with Gasteiger partial charge in [0.05, 0.1) is 7.11 Å². The van der Waals surface area contributed by atoms with Gasteiger partial charge in [0.2, 0.25) is 0 Å². The predicted molar refractivity (Wildman–Crippen MR) is 97.9 cm³/mol. The number of aromatic hydroxyl groups is 1. The Hall–Kier alpha value is -1.71. The summed E-state index contributed by atoms with van der Waals surface area (Å²) in [6.45, 7) is 2.86. The van der Waals surface area contributed by atoms with Gasteiger partial charge in [0, 0.05) is 24.5 Å². The summed E-state index contributed by atoms with van der Waals surface area (Å²) in [4.78, 5) is 2.45. The summed E-state index contributed by atoms with van der Waals surface area (Å²) in [6, 6.07) is 16.0. The van der Waals surface area contributed by atoms with Gasteiger partial charge in [0.1, 0.15) is 11.5 Å². The summed E-state index contributed by atoms with van der Waals surface area (Å²) in [5.74, 6) is 2.17. The molecular weight excluding hydrogens is 322 g/mol. The predicted octanol–water partition coefficient (Wildman–Crippen LogP) is 4.25. The van der Waals surface area contributed by atoms with E-state index in [1.54, 1.807) is 13.2 Å². The zero-order valence-electron chi connectivity index (χ0n) is 14.0. The summed E-state index contributed by atoms with van der Waals surface area (Å²) in [5, 5.41) is 10.4.